The Morgan fingerprint density at radius 1 is 0.389 bits per heavy atom. The molecule has 0 fully saturated rings. The second-order valence-corrected chi connectivity index (χ2v) is 22.1. The fraction of sp³-hybridized carbons (Fsp3) is 0.879. The van der Waals surface area contributed by atoms with Gasteiger partial charge < -0.3 is 20.3 Å². The fourth-order valence-corrected chi connectivity index (χ4v) is 9.95. The van der Waals surface area contributed by atoms with Crippen LogP contribution in [-0.4, -0.2) is 47.4 Å². The first kappa shape index (κ1) is 70.1. The Kier molecular flexibility index (Phi) is 60.0. The monoisotopic (exact) mass is 1010 g/mol. The quantitative estimate of drug-likeness (QED) is 0.0320. The summed E-state index contributed by atoms with van der Waals surface area (Å²) < 4.78 is 5.48. The summed E-state index contributed by atoms with van der Waals surface area (Å²) in [6, 6.07) is -0.539. The van der Waals surface area contributed by atoms with Crippen molar-refractivity contribution in [2.45, 2.75) is 360 Å². The Balaban J connectivity index is 3.35. The minimum atomic E-state index is -0.662. The van der Waals surface area contributed by atoms with Crippen LogP contribution < -0.4 is 5.32 Å². The molecule has 72 heavy (non-hydrogen) atoms. The molecule has 0 spiro atoms. The Bertz CT molecular complexity index is 1170. The van der Waals surface area contributed by atoms with E-state index in [4.69, 9.17) is 4.74 Å². The molecule has 0 radical (unpaired) electrons. The zero-order chi connectivity index (χ0) is 52.2. The Labute approximate surface area is 449 Å². The van der Waals surface area contributed by atoms with Crippen LogP contribution in [0.3, 0.4) is 0 Å². The van der Waals surface area contributed by atoms with Gasteiger partial charge in [-0.15, -0.1) is 0 Å². The van der Waals surface area contributed by atoms with E-state index in [0.717, 1.165) is 51.4 Å². The Morgan fingerprint density at radius 2 is 0.708 bits per heavy atom. The van der Waals surface area contributed by atoms with Gasteiger partial charge in [-0.1, -0.05) is 294 Å². The van der Waals surface area contributed by atoms with Crippen molar-refractivity contribution < 1.29 is 24.5 Å². The number of carbonyl (C=O) groups is 2. The molecule has 0 heterocycles. The topological polar surface area (TPSA) is 95.9 Å². The average molecular weight is 1010 g/mol. The van der Waals surface area contributed by atoms with Crippen LogP contribution >= 0.6 is 0 Å². The third kappa shape index (κ3) is 57.4. The lowest BCUT2D eigenvalue weighted by Gasteiger charge is -2.22. The highest BCUT2D eigenvalue weighted by Crippen LogP contribution is 2.18. The zero-order valence-corrected chi connectivity index (χ0v) is 48.4. The van der Waals surface area contributed by atoms with Gasteiger partial charge in [-0.2, -0.15) is 0 Å². The summed E-state index contributed by atoms with van der Waals surface area (Å²) in [4.78, 5) is 24.5. The minimum Gasteiger partial charge on any atom is -0.466 e. The number of nitrogens with one attached hydrogen (secondary N) is 1. The van der Waals surface area contributed by atoms with Crippen molar-refractivity contribution in [1.29, 1.82) is 0 Å². The van der Waals surface area contributed by atoms with Crippen LogP contribution in [-0.2, 0) is 14.3 Å². The van der Waals surface area contributed by atoms with Gasteiger partial charge >= 0.3 is 5.97 Å². The molecule has 0 aromatic carbocycles. The maximum Gasteiger partial charge on any atom is 0.305 e. The highest BCUT2D eigenvalue weighted by Gasteiger charge is 2.20. The zero-order valence-electron chi connectivity index (χ0n) is 48.4. The molecule has 0 aromatic rings. The number of esters is 1. The molecule has 6 nitrogen and oxygen atoms in total. The molecule has 0 aliphatic carbocycles. The summed E-state index contributed by atoms with van der Waals surface area (Å²) in [6.45, 7) is 4.91. The fourth-order valence-electron chi connectivity index (χ4n) is 9.95. The highest BCUT2D eigenvalue weighted by atomic mass is 16.5. The van der Waals surface area contributed by atoms with Gasteiger partial charge in [0, 0.05) is 12.8 Å². The molecule has 0 bridgehead atoms. The molecule has 2 unspecified atom stereocenters. The smallest absolute Gasteiger partial charge is 0.305 e. The molecule has 6 heteroatoms. The Morgan fingerprint density at radius 3 is 1.11 bits per heavy atom. The van der Waals surface area contributed by atoms with Crippen molar-refractivity contribution in [1.82, 2.24) is 5.32 Å². The van der Waals surface area contributed by atoms with Crippen LogP contribution in [0.5, 0.6) is 0 Å². The number of amides is 1. The van der Waals surface area contributed by atoms with E-state index >= 15 is 0 Å². The van der Waals surface area contributed by atoms with Crippen LogP contribution in [0, 0.1) is 0 Å². The van der Waals surface area contributed by atoms with Gasteiger partial charge in [-0.3, -0.25) is 9.59 Å². The van der Waals surface area contributed by atoms with E-state index in [1.165, 1.54) is 263 Å². The van der Waals surface area contributed by atoms with Gasteiger partial charge in [0.15, 0.2) is 0 Å². The molecular weight excluding hydrogens is 887 g/mol. The van der Waals surface area contributed by atoms with Crippen LogP contribution in [0.4, 0.5) is 0 Å². The molecule has 424 valence electrons. The van der Waals surface area contributed by atoms with E-state index in [0.29, 0.717) is 25.9 Å². The van der Waals surface area contributed by atoms with E-state index in [2.05, 4.69) is 55.6 Å². The summed E-state index contributed by atoms with van der Waals surface area (Å²) in [5, 5.41) is 23.2. The van der Waals surface area contributed by atoms with Crippen molar-refractivity contribution >= 4 is 11.9 Å². The molecule has 0 aliphatic heterocycles. The number of carbonyl (C=O) groups excluding carboxylic acids is 2. The standard InChI is InChI=1S/C66H125NO5/c1-3-5-7-9-11-13-15-16-36-40-44-48-52-56-60-66(71)72-61-57-53-49-45-41-37-34-32-30-28-26-24-22-20-18-17-19-21-23-25-27-29-31-33-35-39-43-47-51-55-59-65(70)67-63(62-68)64(69)58-54-50-46-42-38-14-12-10-8-6-4-2/h9,11,15-16,18,20,63-64,68-69H,3-8,10,12-14,17,19,21-62H2,1-2H3,(H,67,70)/b11-9-,16-15-,20-18-. The lowest BCUT2D eigenvalue weighted by molar-refractivity contribution is -0.143. The predicted octanol–water partition coefficient (Wildman–Crippen LogP) is 20.4. The number of rotatable bonds is 60. The largest absolute Gasteiger partial charge is 0.466 e. The first-order chi connectivity index (χ1) is 35.5. The minimum absolute atomic E-state index is 0.00239. The molecule has 0 aromatic heterocycles. The van der Waals surface area contributed by atoms with Crippen molar-refractivity contribution in [3.8, 4) is 0 Å². The number of hydrogen-bond donors (Lipinski definition) is 3. The molecular formula is C66H125NO5. The van der Waals surface area contributed by atoms with E-state index in [9.17, 15) is 19.8 Å². The number of unbranched alkanes of at least 4 members (excludes halogenated alkanes) is 43. The number of hydrogen-bond acceptors (Lipinski definition) is 5. The Hall–Kier alpha value is -1.92. The average Bonchev–Trinajstić information content (AvgIpc) is 3.38. The van der Waals surface area contributed by atoms with E-state index in [1.54, 1.807) is 0 Å². The van der Waals surface area contributed by atoms with Crippen molar-refractivity contribution in [2.75, 3.05) is 13.2 Å². The number of ether oxygens (including phenoxy) is 1. The van der Waals surface area contributed by atoms with Gasteiger partial charge in [0.05, 0.1) is 25.4 Å². The second kappa shape index (κ2) is 61.6. The van der Waals surface area contributed by atoms with Crippen molar-refractivity contribution in [2.24, 2.45) is 0 Å². The van der Waals surface area contributed by atoms with Crippen LogP contribution in [0.25, 0.3) is 0 Å². The lowest BCUT2D eigenvalue weighted by Crippen LogP contribution is -2.45. The predicted molar refractivity (Wildman–Crippen MR) is 315 cm³/mol. The number of allylic oxidation sites excluding steroid dienone is 6. The maximum absolute atomic E-state index is 12.5. The highest BCUT2D eigenvalue weighted by molar-refractivity contribution is 5.76. The van der Waals surface area contributed by atoms with Gasteiger partial charge in [-0.05, 0) is 77.0 Å². The van der Waals surface area contributed by atoms with Gasteiger partial charge in [-0.25, -0.2) is 0 Å². The summed E-state index contributed by atoms with van der Waals surface area (Å²) >= 11 is 0. The van der Waals surface area contributed by atoms with Crippen LogP contribution in [0.15, 0.2) is 36.5 Å². The first-order valence-corrected chi connectivity index (χ1v) is 32.2. The molecule has 0 aliphatic rings. The summed E-state index contributed by atoms with van der Waals surface area (Å²) in [5.74, 6) is -0.0312. The SMILES string of the molecule is CCCC/C=C\C/C=C\CCCCCCCC(=O)OCCCCCCCCCCCCCC/C=C\CCCCCCCCCCCCCCCCC(=O)NC(CO)C(O)CCCCCCCCCCCCC. The van der Waals surface area contributed by atoms with Gasteiger partial charge in [0.1, 0.15) is 0 Å². The third-order valence-corrected chi connectivity index (χ3v) is 14.9. The van der Waals surface area contributed by atoms with E-state index in [-0.39, 0.29) is 18.5 Å². The van der Waals surface area contributed by atoms with Crippen LogP contribution in [0.1, 0.15) is 348 Å². The molecule has 3 N–H and O–H groups in total. The maximum atomic E-state index is 12.5. The van der Waals surface area contributed by atoms with Gasteiger partial charge in [0.25, 0.3) is 0 Å². The normalized spacial score (nSPS) is 12.8. The molecule has 0 saturated heterocycles. The molecule has 0 rings (SSSR count). The van der Waals surface area contributed by atoms with Crippen LogP contribution in [0.2, 0.25) is 0 Å². The number of aliphatic hydroxyl groups excluding tert-OH is 2. The third-order valence-electron chi connectivity index (χ3n) is 14.9. The summed E-state index contributed by atoms with van der Waals surface area (Å²) in [6.07, 6.45) is 77.5. The molecule has 1 amide bonds. The van der Waals surface area contributed by atoms with Gasteiger partial charge in [0.2, 0.25) is 5.91 Å². The van der Waals surface area contributed by atoms with E-state index < -0.39 is 12.1 Å². The van der Waals surface area contributed by atoms with E-state index in [1.807, 2.05) is 0 Å². The second-order valence-electron chi connectivity index (χ2n) is 22.1. The van der Waals surface area contributed by atoms with Crippen molar-refractivity contribution in [3.05, 3.63) is 36.5 Å². The number of aliphatic hydroxyl groups is 2. The van der Waals surface area contributed by atoms with Crippen molar-refractivity contribution in [3.63, 3.8) is 0 Å². The molecule has 2 atom stereocenters. The first-order valence-electron chi connectivity index (χ1n) is 32.2. The lowest BCUT2D eigenvalue weighted by atomic mass is 10.0. The summed E-state index contributed by atoms with van der Waals surface area (Å²) in [5.41, 5.74) is 0. The summed E-state index contributed by atoms with van der Waals surface area (Å²) in [7, 11) is 0. The molecule has 0 saturated carbocycles.